The second kappa shape index (κ2) is 10.00. The summed E-state index contributed by atoms with van der Waals surface area (Å²) < 4.78 is 44.0. The molecule has 0 unspecified atom stereocenters. The summed E-state index contributed by atoms with van der Waals surface area (Å²) in [5.41, 5.74) is 3.05. The number of benzene rings is 2. The Morgan fingerprint density at radius 1 is 1.10 bits per heavy atom. The van der Waals surface area contributed by atoms with Crippen molar-refractivity contribution < 1.29 is 17.5 Å². The van der Waals surface area contributed by atoms with E-state index in [9.17, 15) is 12.8 Å². The monoisotopic (exact) mass is 443 g/mol. The third-order valence-corrected chi connectivity index (χ3v) is 5.77. The Labute approximate surface area is 182 Å². The molecule has 0 amide bonds. The maximum absolute atomic E-state index is 13.4. The van der Waals surface area contributed by atoms with E-state index in [4.69, 9.17) is 9.88 Å². The molecule has 0 saturated heterocycles. The van der Waals surface area contributed by atoms with Crippen LogP contribution in [0.25, 0.3) is 22.4 Å². The Kier molecular flexibility index (Phi) is 7.37. The summed E-state index contributed by atoms with van der Waals surface area (Å²) in [4.78, 5) is 4.69. The van der Waals surface area contributed by atoms with E-state index >= 15 is 0 Å². The molecular formula is C23H26FN3O3S. The van der Waals surface area contributed by atoms with Crippen LogP contribution in [0.4, 0.5) is 4.39 Å². The Balaban J connectivity index is 2.28. The molecule has 0 aliphatic carbocycles. The van der Waals surface area contributed by atoms with Crippen LogP contribution in [0.1, 0.15) is 25.3 Å². The summed E-state index contributed by atoms with van der Waals surface area (Å²) in [6.45, 7) is 2.95. The molecule has 3 N–H and O–H groups in total. The number of ether oxygens (including phenoxy) is 1. The van der Waals surface area contributed by atoms with Crippen LogP contribution in [0, 0.1) is 5.82 Å². The molecule has 3 aromatic rings. The molecule has 0 spiro atoms. The summed E-state index contributed by atoms with van der Waals surface area (Å²) in [5, 5.41) is 8.59. The van der Waals surface area contributed by atoms with Crippen molar-refractivity contribution >= 4 is 10.0 Å². The van der Waals surface area contributed by atoms with Crippen molar-refractivity contribution in [2.75, 3.05) is 13.7 Å². The number of pyridine rings is 1. The lowest BCUT2D eigenvalue weighted by Crippen LogP contribution is -2.15. The quantitative estimate of drug-likeness (QED) is 0.486. The van der Waals surface area contributed by atoms with Crippen LogP contribution < -0.4 is 15.2 Å². The van der Waals surface area contributed by atoms with Gasteiger partial charge in [-0.2, -0.15) is 0 Å². The molecule has 0 saturated carbocycles. The lowest BCUT2D eigenvalue weighted by Gasteiger charge is -2.18. The van der Waals surface area contributed by atoms with Gasteiger partial charge in [-0.15, -0.1) is 0 Å². The molecule has 0 fully saturated rings. The number of nitrogens with two attached hydrogens (primary N) is 1. The van der Waals surface area contributed by atoms with Gasteiger partial charge in [0, 0.05) is 23.2 Å². The molecule has 0 atom stereocenters. The third kappa shape index (κ3) is 5.46. The highest BCUT2D eigenvalue weighted by Crippen LogP contribution is 2.36. The minimum Gasteiger partial charge on any atom is -0.477 e. The average molecular weight is 444 g/mol. The minimum absolute atomic E-state index is 0.0168. The van der Waals surface area contributed by atoms with Crippen molar-refractivity contribution in [2.45, 2.75) is 31.2 Å². The minimum atomic E-state index is -3.96. The van der Waals surface area contributed by atoms with E-state index in [0.717, 1.165) is 18.4 Å². The molecule has 0 aliphatic rings. The van der Waals surface area contributed by atoms with Crippen LogP contribution in [0.5, 0.6) is 5.88 Å². The first kappa shape index (κ1) is 22.9. The fourth-order valence-corrected chi connectivity index (χ4v) is 4.03. The van der Waals surface area contributed by atoms with Gasteiger partial charge in [0.2, 0.25) is 15.9 Å². The number of rotatable bonds is 9. The molecular weight excluding hydrogens is 417 g/mol. The number of nitrogens with zero attached hydrogens (tertiary/aromatic N) is 1. The number of unbranched alkanes of at least 4 members (excludes halogenated alkanes) is 1. The fraction of sp³-hybridized carbons (Fsp3) is 0.261. The molecule has 0 aliphatic heterocycles. The molecule has 0 bridgehead atoms. The summed E-state index contributed by atoms with van der Waals surface area (Å²) in [6.07, 6.45) is 1.81. The Bertz CT molecular complexity index is 1150. The average Bonchev–Trinajstić information content (AvgIpc) is 2.75. The fourth-order valence-electron chi connectivity index (χ4n) is 3.27. The maximum atomic E-state index is 13.4. The van der Waals surface area contributed by atoms with E-state index in [0.29, 0.717) is 41.4 Å². The Hall–Kier alpha value is -2.81. The van der Waals surface area contributed by atoms with Crippen molar-refractivity contribution in [3.05, 3.63) is 66.0 Å². The van der Waals surface area contributed by atoms with Gasteiger partial charge >= 0.3 is 0 Å². The van der Waals surface area contributed by atoms with Crippen LogP contribution >= 0.6 is 0 Å². The predicted molar refractivity (Wildman–Crippen MR) is 120 cm³/mol. The molecule has 164 valence electrons. The first-order valence-electron chi connectivity index (χ1n) is 10.0. The van der Waals surface area contributed by atoms with E-state index in [1.165, 1.54) is 18.2 Å². The predicted octanol–water partition coefficient (Wildman–Crippen LogP) is 4.10. The highest BCUT2D eigenvalue weighted by atomic mass is 32.2. The lowest BCUT2D eigenvalue weighted by atomic mass is 9.98. The second-order valence-electron chi connectivity index (χ2n) is 7.12. The van der Waals surface area contributed by atoms with E-state index < -0.39 is 10.0 Å². The Morgan fingerprint density at radius 3 is 2.45 bits per heavy atom. The van der Waals surface area contributed by atoms with Crippen LogP contribution in [-0.4, -0.2) is 27.1 Å². The van der Waals surface area contributed by atoms with Gasteiger partial charge in [0.15, 0.2) is 0 Å². The zero-order chi connectivity index (χ0) is 22.4. The molecule has 1 aromatic heterocycles. The molecule has 8 heteroatoms. The smallest absolute Gasteiger partial charge is 0.238 e. The van der Waals surface area contributed by atoms with Gasteiger partial charge in [0.1, 0.15) is 5.82 Å². The topological polar surface area (TPSA) is 94.3 Å². The number of aromatic nitrogens is 1. The van der Waals surface area contributed by atoms with Crippen LogP contribution in [0.2, 0.25) is 0 Å². The molecule has 6 nitrogen and oxygen atoms in total. The van der Waals surface area contributed by atoms with E-state index in [2.05, 4.69) is 17.2 Å². The van der Waals surface area contributed by atoms with Gasteiger partial charge < -0.3 is 10.1 Å². The number of sulfonamides is 1. The van der Waals surface area contributed by atoms with Crippen molar-refractivity contribution in [2.24, 2.45) is 5.14 Å². The summed E-state index contributed by atoms with van der Waals surface area (Å²) in [6, 6.07) is 14.3. The van der Waals surface area contributed by atoms with Crippen molar-refractivity contribution in [3.63, 3.8) is 0 Å². The first-order valence-corrected chi connectivity index (χ1v) is 11.6. The van der Waals surface area contributed by atoms with Crippen molar-refractivity contribution in [1.82, 2.24) is 10.3 Å². The Morgan fingerprint density at radius 2 is 1.81 bits per heavy atom. The summed E-state index contributed by atoms with van der Waals surface area (Å²) >= 11 is 0. The van der Waals surface area contributed by atoms with E-state index in [1.54, 1.807) is 43.4 Å². The van der Waals surface area contributed by atoms with Gasteiger partial charge in [0.05, 0.1) is 17.2 Å². The summed E-state index contributed by atoms with van der Waals surface area (Å²) in [7, 11) is -2.17. The van der Waals surface area contributed by atoms with Gasteiger partial charge in [-0.05, 0) is 55.4 Å². The van der Waals surface area contributed by atoms with Gasteiger partial charge in [-0.1, -0.05) is 31.5 Å². The van der Waals surface area contributed by atoms with Gasteiger partial charge in [-0.3, -0.25) is 0 Å². The zero-order valence-corrected chi connectivity index (χ0v) is 18.4. The van der Waals surface area contributed by atoms with Crippen molar-refractivity contribution in [3.8, 4) is 28.3 Å². The van der Waals surface area contributed by atoms with Crippen LogP contribution in [0.15, 0.2) is 59.5 Å². The van der Waals surface area contributed by atoms with Crippen LogP contribution in [0.3, 0.4) is 0 Å². The molecule has 1 heterocycles. The highest BCUT2D eigenvalue weighted by Gasteiger charge is 2.21. The normalized spacial score (nSPS) is 11.5. The van der Waals surface area contributed by atoms with Gasteiger partial charge in [-0.25, -0.2) is 22.9 Å². The largest absolute Gasteiger partial charge is 0.477 e. The van der Waals surface area contributed by atoms with E-state index in [-0.39, 0.29) is 10.7 Å². The number of primary sulfonamides is 1. The maximum Gasteiger partial charge on any atom is 0.238 e. The van der Waals surface area contributed by atoms with Gasteiger partial charge in [0.25, 0.3) is 0 Å². The molecule has 31 heavy (non-hydrogen) atoms. The van der Waals surface area contributed by atoms with E-state index in [1.807, 2.05) is 0 Å². The second-order valence-corrected chi connectivity index (χ2v) is 8.65. The third-order valence-electron chi connectivity index (χ3n) is 4.80. The lowest BCUT2D eigenvalue weighted by molar-refractivity contribution is 0.294. The molecule has 2 aromatic carbocycles. The highest BCUT2D eigenvalue weighted by molar-refractivity contribution is 7.89. The zero-order valence-electron chi connectivity index (χ0n) is 17.6. The number of nitrogens with one attached hydrogen (secondary N) is 1. The number of halogens is 1. The number of hydrogen-bond acceptors (Lipinski definition) is 5. The molecule has 3 rings (SSSR count). The van der Waals surface area contributed by atoms with Crippen LogP contribution in [-0.2, 0) is 16.6 Å². The molecule has 0 radical (unpaired) electrons. The summed E-state index contributed by atoms with van der Waals surface area (Å²) in [5.74, 6) is 0.0543. The van der Waals surface area contributed by atoms with Crippen molar-refractivity contribution in [1.29, 1.82) is 0 Å². The first-order chi connectivity index (χ1) is 14.8. The number of hydrogen-bond donors (Lipinski definition) is 2. The standard InChI is InChI=1S/C23H26FN3O3S/c1-3-4-13-30-23-20(15-26-2)19(18-7-5-6-8-22(18)31(25,28)29)14-21(27-23)16-9-11-17(24)12-10-16/h5-12,14,26H,3-4,13,15H2,1-2H3,(H2,25,28,29). The SMILES string of the molecule is CCCCOc1nc(-c2ccc(F)cc2)cc(-c2ccccc2S(N)(=O)=O)c1CNC.